The van der Waals surface area contributed by atoms with Crippen molar-refractivity contribution in [2.24, 2.45) is 0 Å². The zero-order chi connectivity index (χ0) is 15.0. The van der Waals surface area contributed by atoms with Gasteiger partial charge in [0.05, 0.1) is 0 Å². The van der Waals surface area contributed by atoms with Crippen LogP contribution in [-0.4, -0.2) is 58.3 Å². The van der Waals surface area contributed by atoms with E-state index in [4.69, 9.17) is 3.97 Å². The summed E-state index contributed by atoms with van der Waals surface area (Å²) in [5, 5.41) is 0. The van der Waals surface area contributed by atoms with Crippen LogP contribution in [0.15, 0.2) is 0 Å². The van der Waals surface area contributed by atoms with Crippen molar-refractivity contribution >= 4 is 17.3 Å². The average molecular weight is 304 g/mol. The molecule has 0 heterocycles. The molecule has 4 nitrogen and oxygen atoms in total. The van der Waals surface area contributed by atoms with E-state index in [9.17, 15) is 12.3 Å². The van der Waals surface area contributed by atoms with Gasteiger partial charge in [0.1, 0.15) is 0 Å². The monoisotopic (exact) mass is 304 g/mol. The Labute approximate surface area is 112 Å². The van der Waals surface area contributed by atoms with E-state index >= 15 is 0 Å². The van der Waals surface area contributed by atoms with Crippen molar-refractivity contribution < 1.29 is 20.8 Å². The minimum atomic E-state index is -4.95. The summed E-state index contributed by atoms with van der Waals surface area (Å²) < 4.78 is 41.0. The molecule has 0 aliphatic heterocycles. The molecular formula is C11H28FNO3PS+. The van der Waals surface area contributed by atoms with Gasteiger partial charge in [-0.15, -0.1) is 0 Å². The predicted octanol–water partition coefficient (Wildman–Crippen LogP) is 2.80. The Morgan fingerprint density at radius 3 is 1.61 bits per heavy atom. The second-order valence-electron chi connectivity index (χ2n) is 6.96. The maximum atomic E-state index is 13.2. The van der Waals surface area contributed by atoms with Crippen molar-refractivity contribution in [1.29, 1.82) is 0 Å². The molecule has 0 fully saturated rings. The predicted molar refractivity (Wildman–Crippen MR) is 77.1 cm³/mol. The topological polar surface area (TPSA) is 43.4 Å². The van der Waals surface area contributed by atoms with Gasteiger partial charge < -0.3 is 0 Å². The molecule has 0 radical (unpaired) electrons. The molecule has 18 heavy (non-hydrogen) atoms. The summed E-state index contributed by atoms with van der Waals surface area (Å²) in [6, 6.07) is 0. The van der Waals surface area contributed by atoms with Crippen molar-refractivity contribution in [3.8, 4) is 0 Å². The van der Waals surface area contributed by atoms with Gasteiger partial charge in [0.2, 0.25) is 0 Å². The van der Waals surface area contributed by atoms with E-state index in [0.717, 1.165) is 0 Å². The van der Waals surface area contributed by atoms with Crippen LogP contribution in [0.3, 0.4) is 0 Å². The Morgan fingerprint density at radius 2 is 1.44 bits per heavy atom. The van der Waals surface area contributed by atoms with E-state index in [2.05, 4.69) is 0 Å². The first-order chi connectivity index (χ1) is 7.61. The molecule has 0 aliphatic rings. The normalized spacial score (nSPS) is 16.9. The average Bonchev–Trinajstić information content (AvgIpc) is 1.95. The van der Waals surface area contributed by atoms with Crippen LogP contribution < -0.4 is 0 Å². The van der Waals surface area contributed by atoms with E-state index < -0.39 is 17.3 Å². The molecule has 7 heteroatoms. The number of hydrogen-bond donors (Lipinski definition) is 0. The van der Waals surface area contributed by atoms with Crippen LogP contribution in [0.25, 0.3) is 0 Å². The minimum absolute atomic E-state index is 0.0288. The number of hydrogen-bond acceptors (Lipinski definition) is 3. The van der Waals surface area contributed by atoms with Gasteiger partial charge in [-0.25, -0.2) is 0 Å². The summed E-state index contributed by atoms with van der Waals surface area (Å²) in [5.41, 5.74) is -0.0576. The zero-order valence-electron chi connectivity index (χ0n) is 12.8. The summed E-state index contributed by atoms with van der Waals surface area (Å²) >= 11 is 0. The van der Waals surface area contributed by atoms with Gasteiger partial charge in [0.25, 0.3) is 0 Å². The molecule has 0 saturated carbocycles. The Morgan fingerprint density at radius 1 is 1.11 bits per heavy atom. The van der Waals surface area contributed by atoms with E-state index in [1.165, 1.54) is 0 Å². The molecule has 112 valence electrons. The Kier molecular flexibility index (Phi) is 5.03. The van der Waals surface area contributed by atoms with Crippen molar-refractivity contribution in [3.63, 3.8) is 0 Å². The SMILES string of the molecule is CC(C)P(C)(C[N+](C)(C)C)(OS(=O)(=O)F)C(C)C. The van der Waals surface area contributed by atoms with E-state index in [1.807, 2.05) is 55.5 Å². The quantitative estimate of drug-likeness (QED) is 0.430. The van der Waals surface area contributed by atoms with E-state index in [-0.39, 0.29) is 11.3 Å². The van der Waals surface area contributed by atoms with Gasteiger partial charge in [-0.3, -0.25) is 0 Å². The fraction of sp³-hybridized carbons (Fsp3) is 1.00. The Hall–Kier alpha value is 0.230. The second kappa shape index (κ2) is 4.97. The maximum absolute atomic E-state index is 13.2. The Bertz CT molecular complexity index is 393. The number of rotatable bonds is 6. The Balaban J connectivity index is 5.92. The fourth-order valence-corrected chi connectivity index (χ4v) is 10.1. The molecule has 0 rings (SSSR count). The molecule has 0 bridgehead atoms. The molecule has 0 spiro atoms. The summed E-state index contributed by atoms with van der Waals surface area (Å²) in [5.74, 6) is 0. The summed E-state index contributed by atoms with van der Waals surface area (Å²) in [6.45, 7) is 6.29. The number of quaternary nitrogens is 1. The third-order valence-corrected chi connectivity index (χ3v) is 13.4. The number of nitrogens with zero attached hydrogens (tertiary/aromatic N) is 1. The molecular weight excluding hydrogens is 276 g/mol. The molecule has 0 atom stereocenters. The van der Waals surface area contributed by atoms with Crippen LogP contribution in [-0.2, 0) is 14.5 Å². The van der Waals surface area contributed by atoms with E-state index in [0.29, 0.717) is 10.8 Å². The molecule has 0 aliphatic carbocycles. The molecule has 0 unspecified atom stereocenters. The fourth-order valence-electron chi connectivity index (χ4n) is 2.46. The first kappa shape index (κ1) is 18.2. The molecule has 0 aromatic heterocycles. The van der Waals surface area contributed by atoms with Gasteiger partial charge in [-0.1, -0.05) is 0 Å². The summed E-state index contributed by atoms with van der Waals surface area (Å²) in [4.78, 5) is 0. The van der Waals surface area contributed by atoms with Gasteiger partial charge >= 0.3 is 111 Å². The second-order valence-corrected chi connectivity index (χ2v) is 14.4. The van der Waals surface area contributed by atoms with Crippen molar-refractivity contribution in [2.75, 3.05) is 34.1 Å². The standard InChI is InChI=1S/C11H28FNO3PS/c1-10(2)17(8,11(3)4,9-13(5,6)7)16-18(12,14)15/h10-11H,9H2,1-8H3/q+1. The van der Waals surface area contributed by atoms with Crippen molar-refractivity contribution in [3.05, 3.63) is 0 Å². The van der Waals surface area contributed by atoms with Gasteiger partial charge in [0, 0.05) is 0 Å². The first-order valence-corrected chi connectivity index (χ1v) is 10.3. The molecule has 0 aromatic rings. The molecule has 0 aromatic carbocycles. The van der Waals surface area contributed by atoms with Crippen LogP contribution in [0.2, 0.25) is 0 Å². The number of halogens is 1. The summed E-state index contributed by atoms with van der Waals surface area (Å²) in [7, 11) is 0.932. The van der Waals surface area contributed by atoms with Crippen LogP contribution in [0.5, 0.6) is 0 Å². The first-order valence-electron chi connectivity index (χ1n) is 6.08. The third-order valence-electron chi connectivity index (χ3n) is 3.87. The van der Waals surface area contributed by atoms with Crippen molar-refractivity contribution in [1.82, 2.24) is 0 Å². The third kappa shape index (κ3) is 4.12. The van der Waals surface area contributed by atoms with Gasteiger partial charge in [-0.2, -0.15) is 0 Å². The molecule has 0 saturated heterocycles. The van der Waals surface area contributed by atoms with Crippen LogP contribution in [0, 0.1) is 0 Å². The van der Waals surface area contributed by atoms with Crippen LogP contribution in [0.4, 0.5) is 3.89 Å². The summed E-state index contributed by atoms with van der Waals surface area (Å²) in [6.07, 6.45) is 0.518. The molecule has 0 amide bonds. The van der Waals surface area contributed by atoms with Crippen LogP contribution in [0.1, 0.15) is 27.7 Å². The van der Waals surface area contributed by atoms with Gasteiger partial charge in [0.15, 0.2) is 0 Å². The van der Waals surface area contributed by atoms with Crippen LogP contribution >= 0.6 is 6.83 Å². The van der Waals surface area contributed by atoms with Gasteiger partial charge in [-0.05, 0) is 0 Å². The van der Waals surface area contributed by atoms with E-state index in [1.54, 1.807) is 0 Å². The zero-order valence-corrected chi connectivity index (χ0v) is 14.5. The van der Waals surface area contributed by atoms with Crippen molar-refractivity contribution in [2.45, 2.75) is 39.0 Å². The molecule has 0 N–H and O–H groups in total.